The van der Waals surface area contributed by atoms with Crippen LogP contribution < -0.4 is 16.0 Å². The molecule has 1 fully saturated rings. The van der Waals surface area contributed by atoms with Crippen molar-refractivity contribution in [1.82, 2.24) is 0 Å². The summed E-state index contributed by atoms with van der Waals surface area (Å²) in [6, 6.07) is 15.7. The van der Waals surface area contributed by atoms with Crippen molar-refractivity contribution in [1.29, 1.82) is 5.26 Å². The van der Waals surface area contributed by atoms with Crippen molar-refractivity contribution >= 4 is 23.0 Å². The summed E-state index contributed by atoms with van der Waals surface area (Å²) in [5.74, 6) is 0.787. The molecule has 0 saturated heterocycles. The predicted octanol–water partition coefficient (Wildman–Crippen LogP) is 4.07. The first-order valence-corrected chi connectivity index (χ1v) is 9.46. The number of hydrogen-bond acceptors (Lipinski definition) is 4. The largest absolute Gasteiger partial charge is 0.397 e. The van der Waals surface area contributed by atoms with E-state index >= 15 is 0 Å². The van der Waals surface area contributed by atoms with Gasteiger partial charge in [-0.05, 0) is 54.7 Å². The topological polar surface area (TPSA) is 82.2 Å². The van der Waals surface area contributed by atoms with Crippen LogP contribution >= 0.6 is 0 Å². The maximum atomic E-state index is 12.5. The third-order valence-electron chi connectivity index (χ3n) is 5.83. The second-order valence-electron chi connectivity index (χ2n) is 7.67. The summed E-state index contributed by atoms with van der Waals surface area (Å²) in [7, 11) is 0. The number of nitrogens with two attached hydrogens (primary N) is 1. The molecule has 0 unspecified atom stereocenters. The minimum atomic E-state index is -0.0146. The Morgan fingerprint density at radius 2 is 2.00 bits per heavy atom. The number of anilines is 3. The summed E-state index contributed by atoms with van der Waals surface area (Å²) in [4.78, 5) is 14.5. The molecule has 1 amide bonds. The summed E-state index contributed by atoms with van der Waals surface area (Å²) in [6.45, 7) is 3.82. The molecule has 27 heavy (non-hydrogen) atoms. The molecule has 2 aliphatic rings. The van der Waals surface area contributed by atoms with Crippen LogP contribution in [0.2, 0.25) is 0 Å². The van der Waals surface area contributed by atoms with Crippen molar-refractivity contribution in [3.63, 3.8) is 0 Å². The van der Waals surface area contributed by atoms with E-state index in [9.17, 15) is 10.1 Å². The Kier molecular flexibility index (Phi) is 4.27. The maximum absolute atomic E-state index is 12.5. The Morgan fingerprint density at radius 1 is 1.26 bits per heavy atom. The number of para-hydroxylation sites is 2. The van der Waals surface area contributed by atoms with Gasteiger partial charge in [0.1, 0.15) is 0 Å². The number of benzene rings is 2. The van der Waals surface area contributed by atoms with E-state index < -0.39 is 0 Å². The fourth-order valence-electron chi connectivity index (χ4n) is 4.43. The molecule has 1 aliphatic heterocycles. The first-order chi connectivity index (χ1) is 13.0. The van der Waals surface area contributed by atoms with E-state index in [1.807, 2.05) is 41.3 Å². The van der Waals surface area contributed by atoms with Crippen molar-refractivity contribution in [2.45, 2.75) is 38.8 Å². The third-order valence-corrected chi connectivity index (χ3v) is 5.83. The first-order valence-electron chi connectivity index (χ1n) is 9.46. The molecule has 0 radical (unpaired) electrons. The van der Waals surface area contributed by atoms with Gasteiger partial charge in [0.2, 0.25) is 5.91 Å². The smallest absolute Gasteiger partial charge is 0.224 e. The fourth-order valence-corrected chi connectivity index (χ4v) is 4.43. The highest BCUT2D eigenvalue weighted by atomic mass is 16.2. The number of nitriles is 1. The standard InChI is InChI=1S/C22H24N4O/c1-13-21(25-19-6-4-3-5-18(19)24)17-11-15(12-23)7-10-20(17)26(14(2)27)22(13)16-8-9-16/h3-7,10-11,13,16,21-22,25H,8-9,24H2,1-2H3/t13-,21-,22-/m1/s1. The van der Waals surface area contributed by atoms with E-state index in [-0.39, 0.29) is 23.9 Å². The van der Waals surface area contributed by atoms with Crippen LogP contribution in [0.5, 0.6) is 0 Å². The monoisotopic (exact) mass is 360 g/mol. The van der Waals surface area contributed by atoms with Crippen molar-refractivity contribution in [2.75, 3.05) is 16.0 Å². The lowest BCUT2D eigenvalue weighted by Crippen LogP contribution is -2.51. The lowest BCUT2D eigenvalue weighted by Gasteiger charge is -2.46. The normalized spacial score (nSPS) is 24.0. The average molecular weight is 360 g/mol. The van der Waals surface area contributed by atoms with Gasteiger partial charge in [0.15, 0.2) is 0 Å². The Balaban J connectivity index is 1.84. The number of nitrogens with zero attached hydrogens (tertiary/aromatic N) is 2. The summed E-state index contributed by atoms with van der Waals surface area (Å²) in [5, 5.41) is 13.0. The fraction of sp³-hybridized carbons (Fsp3) is 0.364. The van der Waals surface area contributed by atoms with E-state index in [0.29, 0.717) is 17.2 Å². The van der Waals surface area contributed by atoms with E-state index in [2.05, 4.69) is 18.3 Å². The Hall–Kier alpha value is -3.00. The number of nitrogen functional groups attached to an aromatic ring is 1. The van der Waals surface area contributed by atoms with Crippen molar-refractivity contribution in [2.24, 2.45) is 11.8 Å². The molecule has 1 aliphatic carbocycles. The Labute approximate surface area is 159 Å². The minimum absolute atomic E-state index is 0.0146. The number of rotatable bonds is 3. The molecule has 4 rings (SSSR count). The number of fused-ring (bicyclic) bond motifs is 1. The average Bonchev–Trinajstić information content (AvgIpc) is 3.49. The number of carbonyl (C=O) groups is 1. The predicted molar refractivity (Wildman–Crippen MR) is 107 cm³/mol. The second-order valence-corrected chi connectivity index (χ2v) is 7.67. The van der Waals surface area contributed by atoms with E-state index in [0.717, 1.165) is 29.8 Å². The molecule has 5 nitrogen and oxygen atoms in total. The molecule has 3 atom stereocenters. The third kappa shape index (κ3) is 3.02. The lowest BCUT2D eigenvalue weighted by molar-refractivity contribution is -0.117. The second kappa shape index (κ2) is 6.62. The van der Waals surface area contributed by atoms with Crippen molar-refractivity contribution < 1.29 is 4.79 Å². The Bertz CT molecular complexity index is 928. The van der Waals surface area contributed by atoms with Gasteiger partial charge in [-0.1, -0.05) is 19.1 Å². The van der Waals surface area contributed by atoms with Crippen LogP contribution in [0.4, 0.5) is 17.1 Å². The van der Waals surface area contributed by atoms with Crippen molar-refractivity contribution in [3.05, 3.63) is 53.6 Å². The SMILES string of the molecule is CC(=O)N1c2ccc(C#N)cc2[C@H](Nc2ccccc2N)[C@@H](C)[C@@H]1C1CC1. The zero-order chi connectivity index (χ0) is 19.1. The van der Waals surface area contributed by atoms with Crippen LogP contribution in [0, 0.1) is 23.2 Å². The molecule has 3 N–H and O–H groups in total. The number of amides is 1. The van der Waals surface area contributed by atoms with Crippen LogP contribution in [0.15, 0.2) is 42.5 Å². The van der Waals surface area contributed by atoms with Crippen LogP contribution in [0.1, 0.15) is 43.9 Å². The molecule has 0 spiro atoms. The van der Waals surface area contributed by atoms with Crippen LogP contribution in [0.3, 0.4) is 0 Å². The van der Waals surface area contributed by atoms with Crippen molar-refractivity contribution in [3.8, 4) is 6.07 Å². The number of nitrogens with one attached hydrogen (secondary N) is 1. The zero-order valence-corrected chi connectivity index (χ0v) is 15.6. The summed E-state index contributed by atoms with van der Waals surface area (Å²) < 4.78 is 0. The van der Waals surface area contributed by atoms with Gasteiger partial charge in [0.05, 0.1) is 29.0 Å². The zero-order valence-electron chi connectivity index (χ0n) is 15.6. The van der Waals surface area contributed by atoms with Gasteiger partial charge in [-0.15, -0.1) is 0 Å². The highest BCUT2D eigenvalue weighted by molar-refractivity contribution is 5.94. The molecule has 138 valence electrons. The summed E-state index contributed by atoms with van der Waals surface area (Å²) in [5.41, 5.74) is 10.2. The molecule has 1 heterocycles. The molecule has 0 bridgehead atoms. The van der Waals surface area contributed by atoms with Gasteiger partial charge in [0, 0.05) is 24.6 Å². The number of hydrogen-bond donors (Lipinski definition) is 2. The highest BCUT2D eigenvalue weighted by Crippen LogP contribution is 2.50. The molecule has 0 aromatic heterocycles. The number of carbonyl (C=O) groups excluding carboxylic acids is 1. The lowest BCUT2D eigenvalue weighted by atomic mass is 9.79. The van der Waals surface area contributed by atoms with Gasteiger partial charge in [0.25, 0.3) is 0 Å². The van der Waals surface area contributed by atoms with Gasteiger partial charge in [-0.3, -0.25) is 4.79 Å². The van der Waals surface area contributed by atoms with Gasteiger partial charge in [-0.2, -0.15) is 5.26 Å². The first kappa shape index (κ1) is 17.4. The quantitative estimate of drug-likeness (QED) is 0.808. The summed E-state index contributed by atoms with van der Waals surface area (Å²) in [6.07, 6.45) is 2.31. The van der Waals surface area contributed by atoms with Crippen LogP contribution in [-0.4, -0.2) is 11.9 Å². The molecular weight excluding hydrogens is 336 g/mol. The maximum Gasteiger partial charge on any atom is 0.224 e. The van der Waals surface area contributed by atoms with Crippen LogP contribution in [-0.2, 0) is 4.79 Å². The Morgan fingerprint density at radius 3 is 2.63 bits per heavy atom. The molecule has 2 aromatic rings. The highest BCUT2D eigenvalue weighted by Gasteiger charge is 2.47. The van der Waals surface area contributed by atoms with Crippen LogP contribution in [0.25, 0.3) is 0 Å². The summed E-state index contributed by atoms with van der Waals surface area (Å²) >= 11 is 0. The van der Waals surface area contributed by atoms with E-state index in [1.54, 1.807) is 13.0 Å². The van der Waals surface area contributed by atoms with E-state index in [4.69, 9.17) is 5.73 Å². The molecule has 2 aromatic carbocycles. The van der Waals surface area contributed by atoms with Gasteiger partial charge < -0.3 is 16.0 Å². The molecule has 5 heteroatoms. The minimum Gasteiger partial charge on any atom is -0.397 e. The van der Waals surface area contributed by atoms with Gasteiger partial charge >= 0.3 is 0 Å². The molecular formula is C22H24N4O. The van der Waals surface area contributed by atoms with Gasteiger partial charge in [-0.25, -0.2) is 0 Å². The molecule has 1 saturated carbocycles. The van der Waals surface area contributed by atoms with E-state index in [1.165, 1.54) is 0 Å².